The molecule has 1 rings (SSSR count). The Morgan fingerprint density at radius 3 is 2.82 bits per heavy atom. The first-order valence-electron chi connectivity index (χ1n) is 3.35. The van der Waals surface area contributed by atoms with Crippen molar-refractivity contribution in [2.24, 2.45) is 0 Å². The molecule has 1 heterocycles. The van der Waals surface area contributed by atoms with Gasteiger partial charge >= 0.3 is 12.1 Å². The van der Waals surface area contributed by atoms with Gasteiger partial charge in [0.05, 0.1) is 0 Å². The molecule has 0 saturated carbocycles. The number of carbonyl (C=O) groups is 2. The highest BCUT2D eigenvalue weighted by atomic mass is 16.6. The molecule has 0 aliphatic carbocycles. The summed E-state index contributed by atoms with van der Waals surface area (Å²) in [4.78, 5) is 21.0. The zero-order chi connectivity index (χ0) is 8.43. The Bertz CT molecular complexity index is 191. The summed E-state index contributed by atoms with van der Waals surface area (Å²) in [5.74, 6) is -1.05. The van der Waals surface area contributed by atoms with Crippen LogP contribution in [-0.2, 0) is 9.53 Å². The lowest BCUT2D eigenvalue weighted by atomic mass is 10.1. The highest BCUT2D eigenvalue weighted by Gasteiger charge is 2.37. The van der Waals surface area contributed by atoms with Crippen molar-refractivity contribution in [1.82, 2.24) is 5.32 Å². The maximum Gasteiger partial charge on any atom is 0.408 e. The molecule has 0 aromatic rings. The van der Waals surface area contributed by atoms with Crippen LogP contribution >= 0.6 is 0 Å². The van der Waals surface area contributed by atoms with E-state index in [4.69, 9.17) is 5.11 Å². The number of nitrogens with one attached hydrogen (secondary N) is 1. The second-order valence-electron chi connectivity index (χ2n) is 2.31. The van der Waals surface area contributed by atoms with E-state index in [0.29, 0.717) is 6.42 Å². The van der Waals surface area contributed by atoms with Crippen molar-refractivity contribution in [3.63, 3.8) is 0 Å². The van der Waals surface area contributed by atoms with Crippen molar-refractivity contribution in [1.29, 1.82) is 0 Å². The smallest absolute Gasteiger partial charge is 0.408 e. The number of hydrogen-bond acceptors (Lipinski definition) is 3. The number of cyclic esters (lactones) is 1. The van der Waals surface area contributed by atoms with Gasteiger partial charge in [0.25, 0.3) is 0 Å². The van der Waals surface area contributed by atoms with Crippen LogP contribution in [0, 0.1) is 0 Å². The number of hydrogen-bond donors (Lipinski definition) is 2. The lowest BCUT2D eigenvalue weighted by Crippen LogP contribution is -2.38. The molecular weight excluding hydrogens is 150 g/mol. The van der Waals surface area contributed by atoms with Crippen molar-refractivity contribution < 1.29 is 19.4 Å². The van der Waals surface area contributed by atoms with E-state index in [1.165, 1.54) is 0 Å². The molecule has 0 radical (unpaired) electrons. The minimum absolute atomic E-state index is 0.510. The van der Waals surface area contributed by atoms with E-state index in [0.717, 1.165) is 0 Å². The van der Waals surface area contributed by atoms with Crippen LogP contribution < -0.4 is 5.32 Å². The summed E-state index contributed by atoms with van der Waals surface area (Å²) in [6, 6.07) is -0.882. The quantitative estimate of drug-likeness (QED) is 0.592. The predicted octanol–water partition coefficient (Wildman–Crippen LogP) is -0.0420. The van der Waals surface area contributed by atoms with Gasteiger partial charge in [-0.25, -0.2) is 9.59 Å². The van der Waals surface area contributed by atoms with Crippen LogP contribution in [0.2, 0.25) is 0 Å². The van der Waals surface area contributed by atoms with Gasteiger partial charge < -0.3 is 15.2 Å². The van der Waals surface area contributed by atoms with Gasteiger partial charge in [0.1, 0.15) is 6.10 Å². The lowest BCUT2D eigenvalue weighted by molar-refractivity contribution is -0.140. The van der Waals surface area contributed by atoms with Gasteiger partial charge in [-0.2, -0.15) is 0 Å². The zero-order valence-corrected chi connectivity index (χ0v) is 6.03. The van der Waals surface area contributed by atoms with Crippen LogP contribution in [0.15, 0.2) is 0 Å². The first kappa shape index (κ1) is 7.84. The third-order valence-corrected chi connectivity index (χ3v) is 1.57. The zero-order valence-electron chi connectivity index (χ0n) is 6.03. The Morgan fingerprint density at radius 1 is 1.82 bits per heavy atom. The van der Waals surface area contributed by atoms with E-state index in [1.54, 1.807) is 6.92 Å². The fraction of sp³-hybridized carbons (Fsp3) is 0.667. The molecule has 0 unspecified atom stereocenters. The number of aliphatic carboxylic acids is 1. The van der Waals surface area contributed by atoms with Crippen LogP contribution in [0.5, 0.6) is 0 Å². The summed E-state index contributed by atoms with van der Waals surface area (Å²) in [5.41, 5.74) is 0. The van der Waals surface area contributed by atoms with E-state index in [-0.39, 0.29) is 0 Å². The van der Waals surface area contributed by atoms with E-state index < -0.39 is 24.2 Å². The normalized spacial score (nSPS) is 29.4. The summed E-state index contributed by atoms with van der Waals surface area (Å²) in [7, 11) is 0. The topological polar surface area (TPSA) is 75.6 Å². The van der Waals surface area contributed by atoms with Gasteiger partial charge in [0, 0.05) is 0 Å². The number of alkyl carbamates (subject to hydrolysis) is 1. The van der Waals surface area contributed by atoms with Crippen LogP contribution in [0.4, 0.5) is 4.79 Å². The minimum Gasteiger partial charge on any atom is -0.480 e. The number of carbonyl (C=O) groups excluding carboxylic acids is 1. The summed E-state index contributed by atoms with van der Waals surface area (Å²) < 4.78 is 4.65. The first-order chi connectivity index (χ1) is 5.15. The van der Waals surface area contributed by atoms with Crippen molar-refractivity contribution in [3.05, 3.63) is 0 Å². The first-order valence-corrected chi connectivity index (χ1v) is 3.35. The van der Waals surface area contributed by atoms with E-state index in [9.17, 15) is 9.59 Å². The Kier molecular flexibility index (Phi) is 1.98. The second kappa shape index (κ2) is 2.77. The van der Waals surface area contributed by atoms with Crippen LogP contribution in [-0.4, -0.2) is 29.3 Å². The van der Waals surface area contributed by atoms with Gasteiger partial charge in [-0.05, 0) is 6.42 Å². The number of ether oxygens (including phenoxy) is 1. The standard InChI is InChI=1S/C6H9NO4/c1-2-3-4(5(8)9)7-6(10)11-3/h3-4H,2H2,1H3,(H,7,10)(H,8,9)/t3-,4+/m1/s1. The van der Waals surface area contributed by atoms with Gasteiger partial charge in [0.15, 0.2) is 6.04 Å². The van der Waals surface area contributed by atoms with Crippen LogP contribution in [0.25, 0.3) is 0 Å². The third-order valence-electron chi connectivity index (χ3n) is 1.57. The highest BCUT2D eigenvalue weighted by molar-refractivity contribution is 5.83. The molecule has 1 fully saturated rings. The molecule has 5 nitrogen and oxygen atoms in total. The molecule has 0 aromatic carbocycles. The second-order valence-corrected chi connectivity index (χ2v) is 2.31. The van der Waals surface area contributed by atoms with Gasteiger partial charge in [0.2, 0.25) is 0 Å². The largest absolute Gasteiger partial charge is 0.480 e. The molecule has 0 aromatic heterocycles. The SMILES string of the molecule is CC[C@H]1OC(=O)N[C@@H]1C(=O)O. The summed E-state index contributed by atoms with van der Waals surface area (Å²) in [5, 5.41) is 10.7. The van der Waals surface area contributed by atoms with Crippen LogP contribution in [0.1, 0.15) is 13.3 Å². The summed E-state index contributed by atoms with van der Waals surface area (Å²) >= 11 is 0. The fourth-order valence-electron chi connectivity index (χ4n) is 0.999. The molecule has 1 saturated heterocycles. The van der Waals surface area contributed by atoms with Gasteiger partial charge in [-0.3, -0.25) is 0 Å². The van der Waals surface area contributed by atoms with Gasteiger partial charge in [-0.1, -0.05) is 6.92 Å². The third kappa shape index (κ3) is 1.42. The summed E-state index contributed by atoms with van der Waals surface area (Å²) in [6.07, 6.45) is -0.667. The lowest BCUT2D eigenvalue weighted by Gasteiger charge is -2.08. The molecule has 0 bridgehead atoms. The summed E-state index contributed by atoms with van der Waals surface area (Å²) in [6.45, 7) is 1.76. The van der Waals surface area contributed by atoms with Crippen molar-refractivity contribution in [2.45, 2.75) is 25.5 Å². The molecule has 1 aliphatic heterocycles. The predicted molar refractivity (Wildman–Crippen MR) is 35.1 cm³/mol. The number of amides is 1. The van der Waals surface area contributed by atoms with E-state index in [1.807, 2.05) is 0 Å². The van der Waals surface area contributed by atoms with Crippen molar-refractivity contribution >= 4 is 12.1 Å². The molecule has 1 aliphatic rings. The fourth-order valence-corrected chi connectivity index (χ4v) is 0.999. The molecule has 5 heteroatoms. The molecule has 0 spiro atoms. The number of carboxylic acids is 1. The maximum atomic E-state index is 10.5. The molecular formula is C6H9NO4. The molecule has 2 atom stereocenters. The average molecular weight is 159 g/mol. The van der Waals surface area contributed by atoms with E-state index in [2.05, 4.69) is 10.1 Å². The average Bonchev–Trinajstić information content (AvgIpc) is 2.30. The Balaban J connectivity index is 2.64. The molecule has 11 heavy (non-hydrogen) atoms. The monoisotopic (exact) mass is 159 g/mol. The Labute approximate surface area is 63.3 Å². The number of rotatable bonds is 2. The van der Waals surface area contributed by atoms with E-state index >= 15 is 0 Å². The molecule has 1 amide bonds. The molecule has 62 valence electrons. The maximum absolute atomic E-state index is 10.5. The minimum atomic E-state index is -1.05. The molecule has 2 N–H and O–H groups in total. The van der Waals surface area contributed by atoms with Crippen molar-refractivity contribution in [3.8, 4) is 0 Å². The Hall–Kier alpha value is -1.26. The number of carboxylic acid groups (broad SMARTS) is 1. The van der Waals surface area contributed by atoms with Gasteiger partial charge in [-0.15, -0.1) is 0 Å². The van der Waals surface area contributed by atoms with Crippen LogP contribution in [0.3, 0.4) is 0 Å². The Morgan fingerprint density at radius 2 is 2.45 bits per heavy atom. The van der Waals surface area contributed by atoms with Crippen molar-refractivity contribution in [2.75, 3.05) is 0 Å². The highest BCUT2D eigenvalue weighted by Crippen LogP contribution is 2.11.